The maximum atomic E-state index is 15.2. The SMILES string of the molecule is Cc1cc2c(cc1F)N([C@H]1CCN(c3ccc(S(=O)(=O)Nc4nccs4)cc3)C1=O)CC2c1csc(NS(=O)(=O)c2ccc(N3CC[C@H](N4CCC(C)CC4)C3=N)cc2)n1. The smallest absolute Gasteiger partial charge is 0.263 e. The van der Waals surface area contributed by atoms with E-state index in [-0.39, 0.29) is 37.9 Å². The lowest BCUT2D eigenvalue weighted by Crippen LogP contribution is -2.45. The molecule has 3 atom stereocenters. The van der Waals surface area contributed by atoms with Gasteiger partial charge in [0.25, 0.3) is 20.0 Å². The second kappa shape index (κ2) is 15.8. The van der Waals surface area contributed by atoms with Gasteiger partial charge < -0.3 is 14.7 Å². The Bertz CT molecular complexity index is 2650. The monoisotopic (exact) mass is 889 g/mol. The Morgan fingerprint density at radius 3 is 2.07 bits per heavy atom. The van der Waals surface area contributed by atoms with E-state index in [1.54, 1.807) is 65.0 Å². The number of hydrogen-bond acceptors (Lipinski definition) is 12. The van der Waals surface area contributed by atoms with Crippen LogP contribution in [0.25, 0.3) is 0 Å². The van der Waals surface area contributed by atoms with Crippen LogP contribution in [0.2, 0.25) is 0 Å². The van der Waals surface area contributed by atoms with E-state index in [9.17, 15) is 21.6 Å². The summed E-state index contributed by atoms with van der Waals surface area (Å²) in [5.74, 6) is 0.297. The molecule has 0 bridgehead atoms. The standard InChI is InChI=1S/C41H44FN9O5S4/c1-25-11-16-48(17-12-25)35-13-18-49(38(35)43)27-3-7-30(8-4-27)60(55,56)47-41-45-34(24-58-41)32-23-51(37-22-33(42)26(2)21-31(32)37)36-14-19-50(39(36)52)28-5-9-29(10-6-28)59(53,54)46-40-44-15-20-57-40/h3-10,15,20-22,24-25,32,35-36,43H,11-14,16-19,23H2,1-2H3,(H,44,46)(H,45,47)/t32?,35-,36-/m0/s1. The number of thiazole rings is 2. The van der Waals surface area contributed by atoms with Gasteiger partial charge in [-0.15, -0.1) is 22.7 Å². The number of aryl methyl sites for hydroxylation is 1. The summed E-state index contributed by atoms with van der Waals surface area (Å²) in [5.41, 5.74) is 3.74. The third-order valence-electron chi connectivity index (χ3n) is 12.1. The Kier molecular flexibility index (Phi) is 10.7. The van der Waals surface area contributed by atoms with Crippen molar-refractivity contribution in [3.8, 4) is 0 Å². The minimum Gasteiger partial charge on any atom is -0.358 e. The first-order chi connectivity index (χ1) is 28.8. The number of aromatic nitrogens is 2. The third kappa shape index (κ3) is 7.65. The molecule has 3 aromatic carbocycles. The summed E-state index contributed by atoms with van der Waals surface area (Å²) in [6.07, 6.45) is 5.10. The molecule has 0 saturated carbocycles. The summed E-state index contributed by atoms with van der Waals surface area (Å²) >= 11 is 2.32. The second-order valence-corrected chi connectivity index (χ2v) is 21.0. The van der Waals surface area contributed by atoms with E-state index in [0.29, 0.717) is 60.4 Å². The molecule has 19 heteroatoms. The number of sulfonamides is 2. The van der Waals surface area contributed by atoms with Gasteiger partial charge >= 0.3 is 0 Å². The molecule has 0 aliphatic carbocycles. The lowest BCUT2D eigenvalue weighted by atomic mass is 9.97. The average Bonchev–Trinajstić information content (AvgIpc) is 4.09. The molecular formula is C41H44FN9O5S4. The minimum atomic E-state index is -4.00. The van der Waals surface area contributed by atoms with Crippen LogP contribution in [-0.4, -0.2) is 88.3 Å². The number of rotatable bonds is 11. The number of hydrogen-bond donors (Lipinski definition) is 3. The highest BCUT2D eigenvalue weighted by molar-refractivity contribution is 7.93. The highest BCUT2D eigenvalue weighted by Crippen LogP contribution is 2.45. The molecule has 3 saturated heterocycles. The molecule has 9 rings (SSSR count). The minimum absolute atomic E-state index is 0.0326. The summed E-state index contributed by atoms with van der Waals surface area (Å²) in [4.78, 5) is 30.7. The van der Waals surface area contributed by atoms with Crippen molar-refractivity contribution in [2.24, 2.45) is 5.92 Å². The van der Waals surface area contributed by atoms with Crippen LogP contribution in [0.15, 0.2) is 87.4 Å². The van der Waals surface area contributed by atoms with E-state index in [0.717, 1.165) is 66.3 Å². The second-order valence-electron chi connectivity index (χ2n) is 15.8. The van der Waals surface area contributed by atoms with Crippen molar-refractivity contribution >= 4 is 81.8 Å². The van der Waals surface area contributed by atoms with Gasteiger partial charge in [0.1, 0.15) is 17.7 Å². The van der Waals surface area contributed by atoms with Crippen LogP contribution in [0.5, 0.6) is 0 Å². The Morgan fingerprint density at radius 2 is 1.42 bits per heavy atom. The fourth-order valence-electron chi connectivity index (χ4n) is 8.75. The quantitative estimate of drug-likeness (QED) is 0.130. The summed E-state index contributed by atoms with van der Waals surface area (Å²) in [7, 11) is -7.87. The molecule has 2 aromatic heterocycles. The maximum absolute atomic E-state index is 15.2. The van der Waals surface area contributed by atoms with Gasteiger partial charge in [-0.25, -0.2) is 31.2 Å². The van der Waals surface area contributed by atoms with Crippen LogP contribution < -0.4 is 24.1 Å². The van der Waals surface area contributed by atoms with E-state index >= 15 is 4.39 Å². The van der Waals surface area contributed by atoms with Crippen molar-refractivity contribution < 1.29 is 26.0 Å². The first-order valence-electron chi connectivity index (χ1n) is 19.8. The topological polar surface area (TPSA) is 172 Å². The maximum Gasteiger partial charge on any atom is 0.263 e. The Labute approximate surface area is 356 Å². The third-order valence-corrected chi connectivity index (χ3v) is 16.5. The number of amidine groups is 1. The van der Waals surface area contributed by atoms with E-state index in [2.05, 4.69) is 26.3 Å². The summed E-state index contributed by atoms with van der Waals surface area (Å²) in [5, 5.41) is 12.8. The number of benzene rings is 3. The molecule has 1 unspecified atom stereocenters. The lowest BCUT2D eigenvalue weighted by molar-refractivity contribution is -0.118. The largest absolute Gasteiger partial charge is 0.358 e. The predicted molar refractivity (Wildman–Crippen MR) is 233 cm³/mol. The van der Waals surface area contributed by atoms with Crippen molar-refractivity contribution in [1.29, 1.82) is 5.41 Å². The number of carbonyl (C=O) groups is 1. The Morgan fingerprint density at radius 1 is 0.800 bits per heavy atom. The van der Waals surface area contributed by atoms with Crippen LogP contribution in [0.1, 0.15) is 55.3 Å². The number of carbonyl (C=O) groups excluding carboxylic acids is 1. The zero-order chi connectivity index (χ0) is 41.9. The molecule has 3 fully saturated rings. The highest BCUT2D eigenvalue weighted by atomic mass is 32.2. The van der Waals surface area contributed by atoms with Crippen LogP contribution in [0.4, 0.5) is 31.7 Å². The number of nitrogens with one attached hydrogen (secondary N) is 3. The Hall–Kier alpha value is -4.95. The number of halogens is 1. The molecule has 314 valence electrons. The van der Waals surface area contributed by atoms with Crippen molar-refractivity contribution in [2.45, 2.75) is 67.3 Å². The summed E-state index contributed by atoms with van der Waals surface area (Å²) in [6.45, 7) is 7.35. The van der Waals surface area contributed by atoms with Gasteiger partial charge in [-0.2, -0.15) is 0 Å². The fourth-order valence-corrected chi connectivity index (χ4v) is 12.6. The summed E-state index contributed by atoms with van der Waals surface area (Å²) < 4.78 is 73.2. The lowest BCUT2D eigenvalue weighted by Gasteiger charge is -2.35. The number of fused-ring (bicyclic) bond motifs is 1. The number of likely N-dealkylation sites (tertiary alicyclic amines) is 1. The van der Waals surface area contributed by atoms with Crippen molar-refractivity contribution in [3.05, 3.63) is 100 Å². The molecule has 5 aromatic rings. The van der Waals surface area contributed by atoms with Crippen molar-refractivity contribution in [3.63, 3.8) is 0 Å². The fraction of sp³-hybridized carbons (Fsp3) is 0.366. The summed E-state index contributed by atoms with van der Waals surface area (Å²) in [6, 6.07) is 15.4. The van der Waals surface area contributed by atoms with Gasteiger partial charge in [-0.1, -0.05) is 13.0 Å². The van der Waals surface area contributed by atoms with Gasteiger partial charge in [0.05, 0.1) is 21.5 Å². The van der Waals surface area contributed by atoms with Crippen LogP contribution >= 0.6 is 22.7 Å². The first kappa shape index (κ1) is 40.5. The molecule has 60 heavy (non-hydrogen) atoms. The normalized spacial score (nSPS) is 21.6. The number of amides is 1. The molecule has 14 nitrogen and oxygen atoms in total. The first-order valence-corrected chi connectivity index (χ1v) is 24.6. The van der Waals surface area contributed by atoms with E-state index in [1.165, 1.54) is 24.4 Å². The van der Waals surface area contributed by atoms with Crippen LogP contribution in [0.3, 0.4) is 0 Å². The molecular weight excluding hydrogens is 846 g/mol. The molecule has 3 N–H and O–H groups in total. The van der Waals surface area contributed by atoms with E-state index in [4.69, 9.17) is 10.4 Å². The highest BCUT2D eigenvalue weighted by Gasteiger charge is 2.43. The van der Waals surface area contributed by atoms with E-state index < -0.39 is 31.9 Å². The Balaban J connectivity index is 0.880. The van der Waals surface area contributed by atoms with Gasteiger partial charge in [-0.3, -0.25) is 24.5 Å². The van der Waals surface area contributed by atoms with Crippen molar-refractivity contribution in [2.75, 3.05) is 56.9 Å². The molecule has 4 aliphatic rings. The molecule has 0 spiro atoms. The zero-order valence-corrected chi connectivity index (χ0v) is 36.2. The van der Waals surface area contributed by atoms with Gasteiger partial charge in [0, 0.05) is 59.6 Å². The van der Waals surface area contributed by atoms with E-state index in [1.807, 2.05) is 9.80 Å². The van der Waals surface area contributed by atoms with Gasteiger partial charge in [0.15, 0.2) is 10.3 Å². The van der Waals surface area contributed by atoms with Gasteiger partial charge in [0.2, 0.25) is 5.91 Å². The van der Waals surface area contributed by atoms with Gasteiger partial charge in [-0.05, 0) is 117 Å². The van der Waals surface area contributed by atoms with Crippen LogP contribution in [-0.2, 0) is 24.8 Å². The van der Waals surface area contributed by atoms with Crippen molar-refractivity contribution in [1.82, 2.24) is 14.9 Å². The van der Waals surface area contributed by atoms with Crippen LogP contribution in [0, 0.1) is 24.1 Å². The molecule has 6 heterocycles. The molecule has 4 aliphatic heterocycles. The zero-order valence-electron chi connectivity index (χ0n) is 32.9. The molecule has 1 amide bonds. The predicted octanol–water partition coefficient (Wildman–Crippen LogP) is 6.69. The number of piperidine rings is 1. The number of nitrogens with zero attached hydrogens (tertiary/aromatic N) is 6. The molecule has 0 radical (unpaired) electrons. The average molecular weight is 890 g/mol. The number of anilines is 5.